The maximum absolute atomic E-state index is 12.6. The molecular formula is C23H18BrN3O2S. The van der Waals surface area contributed by atoms with E-state index in [1.54, 1.807) is 24.4 Å². The quantitative estimate of drug-likeness (QED) is 0.259. The van der Waals surface area contributed by atoms with Crippen LogP contribution in [0, 0.1) is 11.3 Å². The van der Waals surface area contributed by atoms with Gasteiger partial charge < -0.3 is 4.74 Å². The van der Waals surface area contributed by atoms with Gasteiger partial charge in [0.2, 0.25) is 0 Å². The number of halogens is 1. The minimum Gasteiger partial charge on any atom is -0.489 e. The minimum absolute atomic E-state index is 0.0330. The molecule has 1 amide bonds. The number of hydrogen-bond donors (Lipinski definition) is 1. The fourth-order valence-corrected chi connectivity index (χ4v) is 3.71. The number of hydrogen-bond acceptors (Lipinski definition) is 5. The molecule has 0 saturated carbocycles. The number of nitrogens with zero attached hydrogens (tertiary/aromatic N) is 2. The molecule has 0 aliphatic rings. The van der Waals surface area contributed by atoms with Gasteiger partial charge in [-0.05, 0) is 29.8 Å². The van der Waals surface area contributed by atoms with Gasteiger partial charge in [0.05, 0.1) is 0 Å². The van der Waals surface area contributed by atoms with Crippen LogP contribution in [0.3, 0.4) is 0 Å². The van der Waals surface area contributed by atoms with Crippen LogP contribution in [0.15, 0.2) is 77.4 Å². The molecule has 0 radical (unpaired) electrons. The molecule has 0 unspecified atom stereocenters. The molecule has 2 aromatic carbocycles. The molecule has 150 valence electrons. The Morgan fingerprint density at radius 1 is 1.27 bits per heavy atom. The lowest BCUT2D eigenvalue weighted by Crippen LogP contribution is -2.13. The predicted octanol–water partition coefficient (Wildman–Crippen LogP) is 5.61. The first kappa shape index (κ1) is 21.5. The summed E-state index contributed by atoms with van der Waals surface area (Å²) < 4.78 is 6.60. The van der Waals surface area contributed by atoms with Crippen molar-refractivity contribution in [3.63, 3.8) is 0 Å². The van der Waals surface area contributed by atoms with Gasteiger partial charge in [0.25, 0.3) is 5.91 Å². The van der Waals surface area contributed by atoms with E-state index in [1.807, 2.05) is 42.5 Å². The lowest BCUT2D eigenvalue weighted by Gasteiger charge is -2.07. The van der Waals surface area contributed by atoms with Gasteiger partial charge in [0, 0.05) is 27.5 Å². The molecular weight excluding hydrogens is 462 g/mol. The third-order valence-electron chi connectivity index (χ3n) is 4.01. The first-order chi connectivity index (χ1) is 14.6. The van der Waals surface area contributed by atoms with E-state index in [-0.39, 0.29) is 5.57 Å². The average molecular weight is 480 g/mol. The van der Waals surface area contributed by atoms with E-state index in [1.165, 1.54) is 17.4 Å². The molecule has 1 N–H and O–H groups in total. The van der Waals surface area contributed by atoms with E-state index < -0.39 is 5.91 Å². The Labute approximate surface area is 187 Å². The van der Waals surface area contributed by atoms with Crippen LogP contribution in [-0.4, -0.2) is 17.5 Å². The highest BCUT2D eigenvalue weighted by Gasteiger charge is 2.13. The summed E-state index contributed by atoms with van der Waals surface area (Å²) in [7, 11) is 0. The van der Waals surface area contributed by atoms with Gasteiger partial charge in [-0.25, -0.2) is 4.98 Å². The third-order valence-corrected chi connectivity index (χ3v) is 5.45. The molecule has 7 heteroatoms. The summed E-state index contributed by atoms with van der Waals surface area (Å²) in [6, 6.07) is 17.2. The number of ether oxygens (including phenoxy) is 1. The zero-order valence-electron chi connectivity index (χ0n) is 16.0. The summed E-state index contributed by atoms with van der Waals surface area (Å²) in [4.78, 5) is 17.8. The Morgan fingerprint density at radius 3 is 2.77 bits per heavy atom. The second-order valence-corrected chi connectivity index (χ2v) is 8.23. The van der Waals surface area contributed by atoms with Crippen molar-refractivity contribution in [2.24, 2.45) is 0 Å². The van der Waals surface area contributed by atoms with E-state index in [9.17, 15) is 10.1 Å². The van der Waals surface area contributed by atoms with Crippen molar-refractivity contribution in [1.82, 2.24) is 4.98 Å². The number of nitrogens with one attached hydrogen (secondary N) is 1. The number of nitriles is 1. The zero-order chi connectivity index (χ0) is 21.3. The molecule has 5 nitrogen and oxygen atoms in total. The number of carbonyl (C=O) groups excluding carboxylic acids is 1. The number of anilines is 1. The molecule has 3 rings (SSSR count). The van der Waals surface area contributed by atoms with Crippen LogP contribution >= 0.6 is 27.3 Å². The smallest absolute Gasteiger partial charge is 0.268 e. The summed E-state index contributed by atoms with van der Waals surface area (Å²) in [5.74, 6) is 0.0598. The standard InChI is InChI=1S/C23H18BrN3O2S/c1-2-11-29-21-6-4-3-5-17(21)13-18(14-25)22(28)27-23-26-15-20(30-23)12-16-7-9-19(24)10-8-16/h2-10,13,15H,1,11-12H2,(H,26,27,28)/b18-13+. The lowest BCUT2D eigenvalue weighted by molar-refractivity contribution is -0.112. The Balaban J connectivity index is 1.71. The largest absolute Gasteiger partial charge is 0.489 e. The summed E-state index contributed by atoms with van der Waals surface area (Å²) in [5, 5.41) is 12.6. The monoisotopic (exact) mass is 479 g/mol. The van der Waals surface area contributed by atoms with Crippen LogP contribution in [0.1, 0.15) is 16.0 Å². The summed E-state index contributed by atoms with van der Waals surface area (Å²) in [6.07, 6.45) is 5.59. The number of amides is 1. The number of benzene rings is 2. The SMILES string of the molecule is C=CCOc1ccccc1/C=C(\C#N)C(=O)Nc1ncc(Cc2ccc(Br)cc2)s1. The van der Waals surface area contributed by atoms with Crippen LogP contribution in [0.25, 0.3) is 6.08 Å². The van der Waals surface area contributed by atoms with Crippen LogP contribution in [-0.2, 0) is 11.2 Å². The highest BCUT2D eigenvalue weighted by atomic mass is 79.9. The molecule has 0 aliphatic carbocycles. The van der Waals surface area contributed by atoms with Crippen LogP contribution in [0.5, 0.6) is 5.75 Å². The molecule has 0 fully saturated rings. The van der Waals surface area contributed by atoms with Crippen molar-refractivity contribution >= 4 is 44.4 Å². The second-order valence-electron chi connectivity index (χ2n) is 6.20. The maximum Gasteiger partial charge on any atom is 0.268 e. The topological polar surface area (TPSA) is 75.0 Å². The van der Waals surface area contributed by atoms with Crippen molar-refractivity contribution in [1.29, 1.82) is 5.26 Å². The zero-order valence-corrected chi connectivity index (χ0v) is 18.4. The Kier molecular flexibility index (Phi) is 7.55. The average Bonchev–Trinajstić information content (AvgIpc) is 3.19. The van der Waals surface area contributed by atoms with E-state index in [0.29, 0.717) is 23.1 Å². The van der Waals surface area contributed by atoms with Crippen LogP contribution in [0.4, 0.5) is 5.13 Å². The van der Waals surface area contributed by atoms with Crippen LogP contribution < -0.4 is 10.1 Å². The van der Waals surface area contributed by atoms with Crippen molar-refractivity contribution < 1.29 is 9.53 Å². The minimum atomic E-state index is -0.513. The Bertz CT molecular complexity index is 1110. The molecule has 1 aromatic heterocycles. The maximum atomic E-state index is 12.6. The van der Waals surface area contributed by atoms with E-state index >= 15 is 0 Å². The molecule has 0 atom stereocenters. The highest BCUT2D eigenvalue weighted by molar-refractivity contribution is 9.10. The Hall–Kier alpha value is -3.21. The second kappa shape index (κ2) is 10.5. The lowest BCUT2D eigenvalue weighted by atomic mass is 10.1. The van der Waals surface area contributed by atoms with Gasteiger partial charge in [-0.3, -0.25) is 10.1 Å². The molecule has 0 saturated heterocycles. The van der Waals surface area contributed by atoms with Gasteiger partial charge in [-0.15, -0.1) is 11.3 Å². The molecule has 0 spiro atoms. The Morgan fingerprint density at radius 2 is 2.03 bits per heavy atom. The van der Waals surface area contributed by atoms with E-state index in [4.69, 9.17) is 4.74 Å². The van der Waals surface area contributed by atoms with Crippen molar-refractivity contribution in [2.75, 3.05) is 11.9 Å². The normalized spacial score (nSPS) is 10.9. The summed E-state index contributed by atoms with van der Waals surface area (Å²) in [6.45, 7) is 3.96. The van der Waals surface area contributed by atoms with Crippen LogP contribution in [0.2, 0.25) is 0 Å². The third kappa shape index (κ3) is 5.89. The van der Waals surface area contributed by atoms with E-state index in [2.05, 4.69) is 32.8 Å². The highest BCUT2D eigenvalue weighted by Crippen LogP contribution is 2.24. The number of thiazole rings is 1. The van der Waals surface area contributed by atoms with Gasteiger partial charge in [0.15, 0.2) is 5.13 Å². The van der Waals surface area contributed by atoms with Crippen molar-refractivity contribution in [3.05, 3.63) is 93.4 Å². The van der Waals surface area contributed by atoms with Gasteiger partial charge >= 0.3 is 0 Å². The van der Waals surface area contributed by atoms with Gasteiger partial charge in [0.1, 0.15) is 24.0 Å². The molecule has 0 aliphatic heterocycles. The molecule has 3 aromatic rings. The first-order valence-corrected chi connectivity index (χ1v) is 10.6. The fraction of sp³-hybridized carbons (Fsp3) is 0.0870. The number of carbonyl (C=O) groups is 1. The number of rotatable bonds is 8. The first-order valence-electron chi connectivity index (χ1n) is 9.04. The number of para-hydroxylation sites is 1. The predicted molar refractivity (Wildman–Crippen MR) is 123 cm³/mol. The summed E-state index contributed by atoms with van der Waals surface area (Å²) >= 11 is 4.80. The van der Waals surface area contributed by atoms with Crippen molar-refractivity contribution in [2.45, 2.75) is 6.42 Å². The van der Waals surface area contributed by atoms with E-state index in [0.717, 1.165) is 21.3 Å². The van der Waals surface area contributed by atoms with Gasteiger partial charge in [-0.1, -0.05) is 58.9 Å². The number of aromatic nitrogens is 1. The summed E-state index contributed by atoms with van der Waals surface area (Å²) in [5.41, 5.74) is 1.75. The van der Waals surface area contributed by atoms with Crippen molar-refractivity contribution in [3.8, 4) is 11.8 Å². The van der Waals surface area contributed by atoms with Gasteiger partial charge in [-0.2, -0.15) is 5.26 Å². The fourth-order valence-electron chi connectivity index (χ4n) is 2.60. The molecule has 0 bridgehead atoms. The molecule has 30 heavy (non-hydrogen) atoms. The molecule has 1 heterocycles.